The summed E-state index contributed by atoms with van der Waals surface area (Å²) in [7, 11) is 0. The predicted octanol–water partition coefficient (Wildman–Crippen LogP) is 20.2. The lowest BCUT2D eigenvalue weighted by Crippen LogP contribution is -2.18. The molecule has 0 saturated heterocycles. The Balaban J connectivity index is 1.18. The second-order valence-electron chi connectivity index (χ2n) is 16.7. The number of fused-ring (bicyclic) bond motifs is 3. The Bertz CT molecular complexity index is 3120. The minimum atomic E-state index is 0.707. The van der Waals surface area contributed by atoms with Crippen molar-refractivity contribution in [3.63, 3.8) is 0 Å². The van der Waals surface area contributed by atoms with Gasteiger partial charge >= 0.3 is 0 Å². The maximum atomic E-state index is 6.33. The minimum absolute atomic E-state index is 0.707. The molecule has 11 rings (SSSR count). The fourth-order valence-electron chi connectivity index (χ4n) is 9.15. The van der Waals surface area contributed by atoms with E-state index in [-0.39, 0.29) is 0 Å². The van der Waals surface area contributed by atoms with E-state index < -0.39 is 0 Å². The Morgan fingerprint density at radius 2 is 0.368 bits per heavy atom. The minimum Gasteiger partial charge on any atom is -0.308 e. The van der Waals surface area contributed by atoms with Gasteiger partial charge in [0.05, 0.1) is 11.4 Å². The van der Waals surface area contributed by atoms with Gasteiger partial charge in [0.15, 0.2) is 0 Å². The van der Waals surface area contributed by atoms with Crippen LogP contribution < -0.4 is 9.80 Å². The lowest BCUT2D eigenvalue weighted by atomic mass is 9.94. The number of rotatable bonds is 10. The zero-order valence-corrected chi connectivity index (χ0v) is 39.5. The highest BCUT2D eigenvalue weighted by molar-refractivity contribution is 6.31. The van der Waals surface area contributed by atoms with Gasteiger partial charge in [-0.15, -0.1) is 0 Å². The molecule has 2 nitrogen and oxygen atoms in total. The van der Waals surface area contributed by atoms with E-state index >= 15 is 0 Å². The van der Waals surface area contributed by atoms with Crippen LogP contribution in [-0.2, 0) is 0 Å². The zero-order valence-electron chi connectivity index (χ0n) is 36.5. The van der Waals surface area contributed by atoms with Crippen molar-refractivity contribution in [2.45, 2.75) is 0 Å². The Hall–Kier alpha value is -7.30. The highest BCUT2D eigenvalue weighted by atomic mass is 35.5. The van der Waals surface area contributed by atoms with Crippen LogP contribution in [0.5, 0.6) is 0 Å². The zero-order chi connectivity index (χ0) is 46.1. The van der Waals surface area contributed by atoms with Gasteiger partial charge in [0.25, 0.3) is 0 Å². The van der Waals surface area contributed by atoms with Crippen molar-refractivity contribution in [3.8, 4) is 44.5 Å². The van der Waals surface area contributed by atoms with E-state index in [4.69, 9.17) is 46.4 Å². The van der Waals surface area contributed by atoms with E-state index in [1.807, 2.05) is 48.5 Å². The molecule has 0 N–H and O–H groups in total. The topological polar surface area (TPSA) is 6.48 Å². The maximum absolute atomic E-state index is 6.33. The molecule has 0 radical (unpaired) electrons. The molecule has 0 bridgehead atoms. The highest BCUT2D eigenvalue weighted by Crippen LogP contribution is 2.53. The Morgan fingerprint density at radius 3 is 0.574 bits per heavy atom. The van der Waals surface area contributed by atoms with Crippen molar-refractivity contribution in [1.29, 1.82) is 0 Å². The summed E-state index contributed by atoms with van der Waals surface area (Å²) in [5.74, 6) is 0. The van der Waals surface area contributed by atoms with Gasteiger partial charge in [-0.25, -0.2) is 0 Å². The molecule has 0 spiro atoms. The van der Waals surface area contributed by atoms with E-state index in [2.05, 4.69) is 204 Å². The maximum Gasteiger partial charge on any atom is 0.0788 e. The summed E-state index contributed by atoms with van der Waals surface area (Å²) in [6.45, 7) is 0. The normalized spacial score (nSPS) is 11.2. The summed E-state index contributed by atoms with van der Waals surface area (Å²) in [6.07, 6.45) is 0. The van der Waals surface area contributed by atoms with Crippen LogP contribution in [0.4, 0.5) is 34.1 Å². The molecule has 0 saturated carbocycles. The van der Waals surface area contributed by atoms with Crippen molar-refractivity contribution in [1.82, 2.24) is 0 Å². The number of hydrogen-bond donors (Lipinski definition) is 0. The van der Waals surface area contributed by atoms with Crippen LogP contribution in [0.3, 0.4) is 0 Å². The Kier molecular flexibility index (Phi) is 11.9. The van der Waals surface area contributed by atoms with E-state index in [1.54, 1.807) is 0 Å². The molecular weight excluding hydrogens is 915 g/mol. The van der Waals surface area contributed by atoms with Crippen molar-refractivity contribution >= 4 is 102 Å². The number of halogens is 4. The number of benzene rings is 11. The van der Waals surface area contributed by atoms with Gasteiger partial charge in [-0.2, -0.15) is 0 Å². The summed E-state index contributed by atoms with van der Waals surface area (Å²) in [5.41, 5.74) is 14.8. The van der Waals surface area contributed by atoms with Gasteiger partial charge in [0.1, 0.15) is 0 Å². The molecule has 0 aromatic heterocycles. The van der Waals surface area contributed by atoms with Gasteiger partial charge in [-0.1, -0.05) is 192 Å². The Morgan fingerprint density at radius 1 is 0.191 bits per heavy atom. The molecular formula is C62H40Cl4N2. The molecule has 11 aromatic carbocycles. The van der Waals surface area contributed by atoms with Crippen LogP contribution in [0.1, 0.15) is 0 Å². The molecule has 0 amide bonds. The van der Waals surface area contributed by atoms with Crippen LogP contribution in [0.25, 0.3) is 66.1 Å². The molecule has 0 atom stereocenters. The first-order chi connectivity index (χ1) is 33.3. The molecule has 68 heavy (non-hydrogen) atoms. The quantitative estimate of drug-likeness (QED) is 0.0996. The molecule has 326 valence electrons. The Labute approximate surface area is 416 Å². The first-order valence-corrected chi connectivity index (χ1v) is 23.8. The molecule has 11 aromatic rings. The predicted molar refractivity (Wildman–Crippen MR) is 293 cm³/mol. The van der Waals surface area contributed by atoms with Crippen molar-refractivity contribution < 1.29 is 0 Å². The van der Waals surface area contributed by atoms with Crippen molar-refractivity contribution in [3.05, 3.63) is 263 Å². The van der Waals surface area contributed by atoms with Gasteiger partial charge in [-0.3, -0.25) is 0 Å². The fourth-order valence-corrected chi connectivity index (χ4v) is 9.66. The summed E-state index contributed by atoms with van der Waals surface area (Å²) in [4.78, 5) is 4.83. The summed E-state index contributed by atoms with van der Waals surface area (Å²) < 4.78 is 0. The first kappa shape index (κ1) is 43.3. The van der Waals surface area contributed by atoms with E-state index in [9.17, 15) is 0 Å². The number of nitrogens with zero attached hydrogens (tertiary/aromatic N) is 2. The van der Waals surface area contributed by atoms with Crippen LogP contribution in [0, 0.1) is 0 Å². The molecule has 0 unspecified atom stereocenters. The molecule has 0 aliphatic rings. The third kappa shape index (κ3) is 8.61. The lowest BCUT2D eigenvalue weighted by Gasteiger charge is -2.35. The molecule has 6 heteroatoms. The van der Waals surface area contributed by atoms with Gasteiger partial charge in [0.2, 0.25) is 0 Å². The third-order valence-electron chi connectivity index (χ3n) is 12.5. The summed E-state index contributed by atoms with van der Waals surface area (Å²) in [5, 5.41) is 7.33. The smallest absolute Gasteiger partial charge is 0.0788 e. The van der Waals surface area contributed by atoms with E-state index in [0.717, 1.165) is 100 Å². The highest BCUT2D eigenvalue weighted by Gasteiger charge is 2.28. The third-order valence-corrected chi connectivity index (χ3v) is 13.5. The van der Waals surface area contributed by atoms with E-state index in [0.29, 0.717) is 20.1 Å². The standard InChI is InChI=1S/C62H40Cl4N2/c63-49-25-9-41(10-26-49)45-17-33-53(34-18-45)67(54-35-19-46(20-36-54)42-11-27-50(64)28-12-42)61-59-7-3-1-5-57(59)58-6-2-4-8-60(58)62(61)68(55-37-21-47(22-38-55)43-13-29-51(65)30-14-43)56-39-23-48(24-40-56)44-15-31-52(66)32-16-44/h1-40H. The first-order valence-electron chi connectivity index (χ1n) is 22.3. The van der Waals surface area contributed by atoms with Gasteiger partial charge in [0, 0.05) is 53.6 Å². The van der Waals surface area contributed by atoms with Crippen LogP contribution >= 0.6 is 46.4 Å². The second kappa shape index (κ2) is 18.8. The van der Waals surface area contributed by atoms with Crippen molar-refractivity contribution in [2.24, 2.45) is 0 Å². The molecule has 0 aliphatic heterocycles. The fraction of sp³-hybridized carbons (Fsp3) is 0. The molecule has 0 heterocycles. The molecule has 0 aliphatic carbocycles. The van der Waals surface area contributed by atoms with Crippen LogP contribution in [0.15, 0.2) is 243 Å². The lowest BCUT2D eigenvalue weighted by molar-refractivity contribution is 1.25. The number of anilines is 6. The average Bonchev–Trinajstić information content (AvgIpc) is 3.39. The van der Waals surface area contributed by atoms with Crippen LogP contribution in [-0.4, -0.2) is 0 Å². The monoisotopic (exact) mass is 952 g/mol. The molecule has 0 fully saturated rings. The van der Waals surface area contributed by atoms with Crippen molar-refractivity contribution in [2.75, 3.05) is 9.80 Å². The van der Waals surface area contributed by atoms with Gasteiger partial charge < -0.3 is 9.80 Å². The SMILES string of the molecule is Clc1ccc(-c2ccc(N(c3ccc(-c4ccc(Cl)cc4)cc3)c3c(N(c4ccc(-c5ccc(Cl)cc5)cc4)c4ccc(-c5ccc(Cl)cc5)cc4)c4ccccc4c4ccccc34)cc2)cc1. The second-order valence-corrected chi connectivity index (χ2v) is 18.4. The summed E-state index contributed by atoms with van der Waals surface area (Å²) in [6, 6.07) is 84.8. The van der Waals surface area contributed by atoms with Crippen LogP contribution in [0.2, 0.25) is 20.1 Å². The summed E-state index contributed by atoms with van der Waals surface area (Å²) >= 11 is 25.3. The largest absolute Gasteiger partial charge is 0.308 e. The number of hydrogen-bond acceptors (Lipinski definition) is 2. The van der Waals surface area contributed by atoms with E-state index in [1.165, 1.54) is 0 Å². The average molecular weight is 955 g/mol. The van der Waals surface area contributed by atoms with Gasteiger partial charge in [-0.05, 0) is 152 Å².